The fraction of sp³-hybridized carbons (Fsp3) is 0.200. The molecule has 1 aromatic heterocycles. The van der Waals surface area contributed by atoms with Gasteiger partial charge >= 0.3 is 5.97 Å². The summed E-state index contributed by atoms with van der Waals surface area (Å²) >= 11 is 1.52. The molecule has 0 aliphatic rings. The predicted octanol–water partition coefficient (Wildman–Crippen LogP) is 4.89. The van der Waals surface area contributed by atoms with Gasteiger partial charge in [-0.3, -0.25) is 4.79 Å². The van der Waals surface area contributed by atoms with Crippen LogP contribution in [0.2, 0.25) is 0 Å². The number of esters is 1. The highest BCUT2D eigenvalue weighted by molar-refractivity contribution is 7.21. The molecule has 0 saturated heterocycles. The number of ether oxygens (including phenoxy) is 1. The van der Waals surface area contributed by atoms with E-state index in [9.17, 15) is 9.59 Å². The number of nitrogens with one attached hydrogen (secondary N) is 1. The van der Waals surface area contributed by atoms with E-state index in [1.165, 1.54) is 18.4 Å². The number of hydrogen-bond donors (Lipinski definition) is 1. The predicted molar refractivity (Wildman–Crippen MR) is 102 cm³/mol. The van der Waals surface area contributed by atoms with Crippen molar-refractivity contribution in [1.29, 1.82) is 0 Å². The Bertz CT molecular complexity index is 912. The van der Waals surface area contributed by atoms with Gasteiger partial charge in [0.25, 0.3) is 5.91 Å². The maximum absolute atomic E-state index is 12.8. The molecule has 0 aliphatic heterocycles. The Hall–Kier alpha value is -2.66. The van der Waals surface area contributed by atoms with Gasteiger partial charge in [-0.1, -0.05) is 31.5 Å². The van der Waals surface area contributed by atoms with E-state index in [4.69, 9.17) is 0 Å². The zero-order chi connectivity index (χ0) is 17.8. The van der Waals surface area contributed by atoms with Crippen LogP contribution < -0.4 is 5.32 Å². The second-order valence-corrected chi connectivity index (χ2v) is 6.73. The number of aryl methyl sites for hydroxylation is 1. The summed E-state index contributed by atoms with van der Waals surface area (Å²) in [5.74, 6) is -0.511. The first-order valence-electron chi connectivity index (χ1n) is 8.14. The molecule has 2 aromatic carbocycles. The summed E-state index contributed by atoms with van der Waals surface area (Å²) in [5, 5.41) is 4.07. The molecule has 0 aliphatic carbocycles. The molecule has 0 fully saturated rings. The third-order valence-corrected chi connectivity index (χ3v) is 5.18. The highest BCUT2D eigenvalue weighted by atomic mass is 32.1. The number of anilines is 1. The second-order valence-electron chi connectivity index (χ2n) is 5.68. The molecule has 1 amide bonds. The lowest BCUT2D eigenvalue weighted by atomic mass is 10.1. The molecule has 3 rings (SSSR count). The zero-order valence-electron chi connectivity index (χ0n) is 14.2. The van der Waals surface area contributed by atoms with Gasteiger partial charge in [0.1, 0.15) is 0 Å². The van der Waals surface area contributed by atoms with Crippen molar-refractivity contribution in [3.63, 3.8) is 0 Å². The summed E-state index contributed by atoms with van der Waals surface area (Å²) in [6, 6.07) is 14.8. The van der Waals surface area contributed by atoms with E-state index in [2.05, 4.69) is 23.0 Å². The first kappa shape index (κ1) is 17.2. The minimum Gasteiger partial charge on any atom is -0.465 e. The van der Waals surface area contributed by atoms with Crippen LogP contribution in [0.1, 0.15) is 38.9 Å². The molecule has 1 heterocycles. The lowest BCUT2D eigenvalue weighted by molar-refractivity contribution is 0.0600. The minimum atomic E-state index is -0.396. The lowest BCUT2D eigenvalue weighted by Crippen LogP contribution is -2.12. The lowest BCUT2D eigenvalue weighted by Gasteiger charge is -2.07. The van der Waals surface area contributed by atoms with Crippen LogP contribution in [0.4, 0.5) is 5.69 Å². The summed E-state index contributed by atoms with van der Waals surface area (Å²) in [4.78, 5) is 25.0. The summed E-state index contributed by atoms with van der Waals surface area (Å²) in [5.41, 5.74) is 2.21. The minimum absolute atomic E-state index is 0.115. The fourth-order valence-electron chi connectivity index (χ4n) is 2.78. The molecule has 0 saturated carbocycles. The molecule has 4 nitrogen and oxygen atoms in total. The first-order chi connectivity index (χ1) is 12.1. The van der Waals surface area contributed by atoms with Crippen LogP contribution >= 0.6 is 11.3 Å². The summed E-state index contributed by atoms with van der Waals surface area (Å²) in [6.45, 7) is 2.11. The number of thiophene rings is 1. The van der Waals surface area contributed by atoms with Crippen molar-refractivity contribution in [1.82, 2.24) is 0 Å². The van der Waals surface area contributed by atoms with E-state index in [1.807, 2.05) is 18.2 Å². The normalized spacial score (nSPS) is 10.6. The van der Waals surface area contributed by atoms with E-state index >= 15 is 0 Å². The Balaban J connectivity index is 1.87. The van der Waals surface area contributed by atoms with Crippen LogP contribution in [0.5, 0.6) is 0 Å². The smallest absolute Gasteiger partial charge is 0.337 e. The van der Waals surface area contributed by atoms with E-state index in [0.717, 1.165) is 33.4 Å². The molecule has 0 bridgehead atoms. The van der Waals surface area contributed by atoms with E-state index in [-0.39, 0.29) is 5.91 Å². The van der Waals surface area contributed by atoms with E-state index in [0.29, 0.717) is 11.3 Å². The van der Waals surface area contributed by atoms with Crippen molar-refractivity contribution >= 4 is 39.0 Å². The standard InChI is InChI=1S/C20H19NO3S/c1-3-6-16-15-7-4-5-8-17(15)25-18(16)19(22)21-14-11-9-13(10-12-14)20(23)24-2/h4-5,7-12H,3,6H2,1-2H3,(H,21,22). The van der Waals surface area contributed by atoms with Gasteiger partial charge in [0, 0.05) is 10.4 Å². The number of fused-ring (bicyclic) bond motifs is 1. The Morgan fingerprint density at radius 3 is 2.48 bits per heavy atom. The highest BCUT2D eigenvalue weighted by Crippen LogP contribution is 2.32. The fourth-order valence-corrected chi connectivity index (χ4v) is 3.92. The Kier molecular flexibility index (Phi) is 5.14. The number of hydrogen-bond acceptors (Lipinski definition) is 4. The summed E-state index contributed by atoms with van der Waals surface area (Å²) in [6.07, 6.45) is 1.85. The molecule has 128 valence electrons. The number of carbonyl (C=O) groups is 2. The van der Waals surface area contributed by atoms with Crippen LogP contribution in [-0.4, -0.2) is 19.0 Å². The number of carbonyl (C=O) groups excluding carboxylic acids is 2. The van der Waals surface area contributed by atoms with Gasteiger partial charge in [-0.15, -0.1) is 11.3 Å². The van der Waals surface area contributed by atoms with Gasteiger partial charge in [-0.05, 0) is 47.7 Å². The summed E-state index contributed by atoms with van der Waals surface area (Å²) < 4.78 is 5.80. The molecule has 5 heteroatoms. The molecule has 0 spiro atoms. The molecule has 0 radical (unpaired) electrons. The molecule has 0 atom stereocenters. The van der Waals surface area contributed by atoms with Gasteiger partial charge in [-0.25, -0.2) is 4.79 Å². The number of rotatable bonds is 5. The quantitative estimate of drug-likeness (QED) is 0.664. The number of methoxy groups -OCH3 is 1. The van der Waals surface area contributed by atoms with Crippen molar-refractivity contribution in [2.45, 2.75) is 19.8 Å². The van der Waals surface area contributed by atoms with Gasteiger partial charge in [0.05, 0.1) is 17.6 Å². The average molecular weight is 353 g/mol. The van der Waals surface area contributed by atoms with Gasteiger partial charge < -0.3 is 10.1 Å². The van der Waals surface area contributed by atoms with Crippen LogP contribution in [0.3, 0.4) is 0 Å². The van der Waals surface area contributed by atoms with Crippen molar-refractivity contribution in [2.24, 2.45) is 0 Å². The van der Waals surface area contributed by atoms with Crippen LogP contribution in [-0.2, 0) is 11.2 Å². The SMILES string of the molecule is CCCc1c(C(=O)Nc2ccc(C(=O)OC)cc2)sc2ccccc12. The number of benzene rings is 2. The van der Waals surface area contributed by atoms with Crippen LogP contribution in [0.25, 0.3) is 10.1 Å². The average Bonchev–Trinajstić information content (AvgIpc) is 3.01. The number of amides is 1. The Labute approximate surface area is 150 Å². The van der Waals surface area contributed by atoms with Crippen molar-refractivity contribution in [3.05, 3.63) is 64.5 Å². The maximum atomic E-state index is 12.8. The third kappa shape index (κ3) is 3.56. The second kappa shape index (κ2) is 7.49. The van der Waals surface area contributed by atoms with Gasteiger partial charge in [0.2, 0.25) is 0 Å². The first-order valence-corrected chi connectivity index (χ1v) is 8.95. The molecule has 1 N–H and O–H groups in total. The van der Waals surface area contributed by atoms with E-state index in [1.54, 1.807) is 24.3 Å². The van der Waals surface area contributed by atoms with Crippen LogP contribution in [0, 0.1) is 0 Å². The largest absolute Gasteiger partial charge is 0.465 e. The van der Waals surface area contributed by atoms with Gasteiger partial charge in [0.15, 0.2) is 0 Å². The van der Waals surface area contributed by atoms with Crippen molar-refractivity contribution in [3.8, 4) is 0 Å². The Morgan fingerprint density at radius 1 is 1.08 bits per heavy atom. The molecule has 25 heavy (non-hydrogen) atoms. The van der Waals surface area contributed by atoms with Crippen molar-refractivity contribution < 1.29 is 14.3 Å². The Morgan fingerprint density at radius 2 is 1.80 bits per heavy atom. The van der Waals surface area contributed by atoms with E-state index < -0.39 is 5.97 Å². The van der Waals surface area contributed by atoms with Crippen molar-refractivity contribution in [2.75, 3.05) is 12.4 Å². The van der Waals surface area contributed by atoms with Gasteiger partial charge in [-0.2, -0.15) is 0 Å². The maximum Gasteiger partial charge on any atom is 0.337 e. The monoisotopic (exact) mass is 353 g/mol. The van der Waals surface area contributed by atoms with Crippen LogP contribution in [0.15, 0.2) is 48.5 Å². The molecule has 3 aromatic rings. The zero-order valence-corrected chi connectivity index (χ0v) is 15.0. The highest BCUT2D eigenvalue weighted by Gasteiger charge is 2.18. The third-order valence-electron chi connectivity index (χ3n) is 3.97. The molecule has 0 unspecified atom stereocenters. The molecular weight excluding hydrogens is 334 g/mol. The summed E-state index contributed by atoms with van der Waals surface area (Å²) in [7, 11) is 1.34. The molecular formula is C20H19NO3S. The topological polar surface area (TPSA) is 55.4 Å².